The number of nitrogens with zero attached hydrogens (tertiary/aromatic N) is 1. The van der Waals surface area contributed by atoms with Crippen molar-refractivity contribution in [1.82, 2.24) is 5.16 Å². The average Bonchev–Trinajstić information content (AvgIpc) is 2.93. The number of halogens is 1. The Morgan fingerprint density at radius 1 is 1.39 bits per heavy atom. The molecule has 0 bridgehead atoms. The number of amides is 1. The maximum atomic E-state index is 12.0. The Morgan fingerprint density at radius 3 is 2.74 bits per heavy atom. The quantitative estimate of drug-likeness (QED) is 0.881. The summed E-state index contributed by atoms with van der Waals surface area (Å²) in [5.74, 6) is 0.249. The first-order valence-corrected chi connectivity index (χ1v) is 7.99. The van der Waals surface area contributed by atoms with Gasteiger partial charge in [-0.05, 0) is 19.1 Å². The number of carbonyl (C=O) groups excluding carboxylic acids is 1. The number of nitrogens with one attached hydrogen (secondary N) is 1. The Hall–Kier alpha value is -1.85. The van der Waals surface area contributed by atoms with Crippen molar-refractivity contribution in [2.45, 2.75) is 39.2 Å². The lowest BCUT2D eigenvalue weighted by Gasteiger charge is -2.12. The molecule has 0 radical (unpaired) electrons. The molecule has 2 aromatic rings. The molecule has 3 N–H and O–H groups in total. The number of nitrogens with two attached hydrogens (primary N) is 1. The van der Waals surface area contributed by atoms with E-state index in [0.717, 1.165) is 11.3 Å². The minimum atomic E-state index is -0.129. The molecular formula is C17H23ClN3O2+. The van der Waals surface area contributed by atoms with Crippen LogP contribution in [0.4, 0.5) is 5.88 Å². The number of benzene rings is 1. The van der Waals surface area contributed by atoms with Crippen LogP contribution in [0.3, 0.4) is 0 Å². The summed E-state index contributed by atoms with van der Waals surface area (Å²) < 4.78 is 5.16. The van der Waals surface area contributed by atoms with Crippen molar-refractivity contribution in [3.8, 4) is 0 Å². The molecule has 1 aromatic heterocycles. The summed E-state index contributed by atoms with van der Waals surface area (Å²) in [7, 11) is 0. The third-order valence-electron chi connectivity index (χ3n) is 3.57. The molecule has 0 saturated heterocycles. The summed E-state index contributed by atoms with van der Waals surface area (Å²) in [5.41, 5.74) is 1.78. The van der Waals surface area contributed by atoms with Crippen molar-refractivity contribution < 1.29 is 14.6 Å². The van der Waals surface area contributed by atoms with E-state index in [0.29, 0.717) is 17.5 Å². The molecular weight excluding hydrogens is 314 g/mol. The molecule has 5 nitrogen and oxygen atoms in total. The third-order valence-corrected chi connectivity index (χ3v) is 3.81. The molecule has 2 rings (SSSR count). The highest BCUT2D eigenvalue weighted by Gasteiger charge is 2.20. The Morgan fingerprint density at radius 2 is 2.13 bits per heavy atom. The van der Waals surface area contributed by atoms with Crippen molar-refractivity contribution >= 4 is 23.4 Å². The van der Waals surface area contributed by atoms with E-state index >= 15 is 0 Å². The molecule has 124 valence electrons. The van der Waals surface area contributed by atoms with E-state index in [1.54, 1.807) is 6.07 Å². The molecule has 0 aliphatic heterocycles. The summed E-state index contributed by atoms with van der Waals surface area (Å²) in [6.45, 7) is 8.44. The summed E-state index contributed by atoms with van der Waals surface area (Å²) in [4.78, 5) is 12.0. The van der Waals surface area contributed by atoms with Gasteiger partial charge in [0.2, 0.25) is 5.88 Å². The highest BCUT2D eigenvalue weighted by Crippen LogP contribution is 2.23. The zero-order valence-corrected chi connectivity index (χ0v) is 14.6. The number of hydrogen-bond acceptors (Lipinski definition) is 3. The average molecular weight is 337 g/mol. The van der Waals surface area contributed by atoms with E-state index in [4.69, 9.17) is 16.1 Å². The fraction of sp³-hybridized carbons (Fsp3) is 0.412. The van der Waals surface area contributed by atoms with Crippen molar-refractivity contribution in [3.63, 3.8) is 0 Å². The zero-order valence-electron chi connectivity index (χ0n) is 13.9. The van der Waals surface area contributed by atoms with E-state index in [-0.39, 0.29) is 17.4 Å². The van der Waals surface area contributed by atoms with E-state index in [9.17, 15) is 4.79 Å². The predicted octanol–water partition coefficient (Wildman–Crippen LogP) is 2.89. The number of hydrogen-bond donors (Lipinski definition) is 2. The highest BCUT2D eigenvalue weighted by atomic mass is 35.5. The number of rotatable bonds is 5. The maximum absolute atomic E-state index is 12.0. The first kappa shape index (κ1) is 17.5. The molecule has 1 amide bonds. The predicted molar refractivity (Wildman–Crippen MR) is 90.5 cm³/mol. The van der Waals surface area contributed by atoms with Crippen molar-refractivity contribution in [2.75, 3.05) is 11.9 Å². The van der Waals surface area contributed by atoms with Crippen LogP contribution in [0.15, 0.2) is 34.9 Å². The Bertz CT molecular complexity index is 676. The van der Waals surface area contributed by atoms with Crippen LogP contribution in [-0.4, -0.2) is 17.6 Å². The Balaban J connectivity index is 1.86. The standard InChI is InChI=1S/C17H22ClN3O2/c1-11(12-6-5-7-13(18)8-12)19-10-15(22)20-16-9-14(21-23-16)17(2,3)4/h5-9,11,19H,10H2,1-4H3,(H,20,22)/p+1/t11-/m1/s1. The molecule has 23 heavy (non-hydrogen) atoms. The van der Waals surface area contributed by atoms with Gasteiger partial charge in [0.05, 0.1) is 5.69 Å². The van der Waals surface area contributed by atoms with Gasteiger partial charge in [-0.1, -0.05) is 49.7 Å². The van der Waals surface area contributed by atoms with Gasteiger partial charge in [-0.15, -0.1) is 0 Å². The summed E-state index contributed by atoms with van der Waals surface area (Å²) >= 11 is 5.99. The van der Waals surface area contributed by atoms with Gasteiger partial charge in [-0.2, -0.15) is 0 Å². The first-order chi connectivity index (χ1) is 10.8. The van der Waals surface area contributed by atoms with Gasteiger partial charge < -0.3 is 9.84 Å². The second-order valence-electron chi connectivity index (χ2n) is 6.66. The second-order valence-corrected chi connectivity index (χ2v) is 7.09. The van der Waals surface area contributed by atoms with Gasteiger partial charge in [-0.3, -0.25) is 10.1 Å². The van der Waals surface area contributed by atoms with Gasteiger partial charge in [-0.25, -0.2) is 0 Å². The lowest BCUT2D eigenvalue weighted by molar-refractivity contribution is -0.682. The molecule has 0 unspecified atom stereocenters. The van der Waals surface area contributed by atoms with Gasteiger partial charge in [0.25, 0.3) is 5.91 Å². The summed E-state index contributed by atoms with van der Waals surface area (Å²) in [6, 6.07) is 9.55. The van der Waals surface area contributed by atoms with Crippen molar-refractivity contribution in [2.24, 2.45) is 0 Å². The van der Waals surface area contributed by atoms with Crippen LogP contribution in [0.25, 0.3) is 0 Å². The van der Waals surface area contributed by atoms with Gasteiger partial charge in [0.1, 0.15) is 6.04 Å². The van der Waals surface area contributed by atoms with Crippen LogP contribution in [0, 0.1) is 0 Å². The fourth-order valence-corrected chi connectivity index (χ4v) is 2.28. The van der Waals surface area contributed by atoms with E-state index in [1.807, 2.05) is 57.3 Å². The molecule has 0 aliphatic carbocycles. The van der Waals surface area contributed by atoms with Gasteiger partial charge in [0, 0.05) is 22.1 Å². The fourth-order valence-electron chi connectivity index (χ4n) is 2.09. The molecule has 6 heteroatoms. The molecule has 1 atom stereocenters. The van der Waals surface area contributed by atoms with E-state index in [2.05, 4.69) is 10.5 Å². The number of quaternary nitrogens is 1. The number of anilines is 1. The minimum absolute atomic E-state index is 0.111. The number of carbonyl (C=O) groups is 1. The molecule has 0 spiro atoms. The first-order valence-electron chi connectivity index (χ1n) is 7.61. The minimum Gasteiger partial charge on any atom is -0.338 e. The lowest BCUT2D eigenvalue weighted by Crippen LogP contribution is -2.86. The monoisotopic (exact) mass is 336 g/mol. The smallest absolute Gasteiger partial charge is 0.281 e. The van der Waals surface area contributed by atoms with E-state index in [1.165, 1.54) is 0 Å². The van der Waals surface area contributed by atoms with Crippen LogP contribution in [0.2, 0.25) is 5.02 Å². The zero-order chi connectivity index (χ0) is 17.0. The van der Waals surface area contributed by atoms with Crippen molar-refractivity contribution in [3.05, 3.63) is 46.6 Å². The van der Waals surface area contributed by atoms with Crippen LogP contribution >= 0.6 is 11.6 Å². The van der Waals surface area contributed by atoms with Gasteiger partial charge >= 0.3 is 0 Å². The highest BCUT2D eigenvalue weighted by molar-refractivity contribution is 6.30. The van der Waals surface area contributed by atoms with Crippen LogP contribution in [0.1, 0.15) is 45.0 Å². The SMILES string of the molecule is C[C@@H]([NH2+]CC(=O)Nc1cc(C(C)(C)C)no1)c1cccc(Cl)c1. The third kappa shape index (κ3) is 5.08. The molecule has 1 aromatic carbocycles. The lowest BCUT2D eigenvalue weighted by atomic mass is 9.92. The maximum Gasteiger partial charge on any atom is 0.281 e. The molecule has 0 aliphatic rings. The van der Waals surface area contributed by atoms with Crippen molar-refractivity contribution in [1.29, 1.82) is 0 Å². The summed E-state index contributed by atoms with van der Waals surface area (Å²) in [6.07, 6.45) is 0. The molecule has 0 saturated carbocycles. The molecule has 0 fully saturated rings. The summed E-state index contributed by atoms with van der Waals surface area (Å²) in [5, 5.41) is 9.35. The topological polar surface area (TPSA) is 71.7 Å². The normalized spacial score (nSPS) is 12.9. The van der Waals surface area contributed by atoms with Crippen LogP contribution in [0.5, 0.6) is 0 Å². The van der Waals surface area contributed by atoms with Crippen LogP contribution < -0.4 is 10.6 Å². The Labute approximate surface area is 141 Å². The van der Waals surface area contributed by atoms with Gasteiger partial charge in [0.15, 0.2) is 6.54 Å². The second kappa shape index (κ2) is 7.15. The number of aromatic nitrogens is 1. The molecule has 1 heterocycles. The van der Waals surface area contributed by atoms with E-state index < -0.39 is 0 Å². The Kier molecular flexibility index (Phi) is 5.44. The van der Waals surface area contributed by atoms with Crippen LogP contribution in [-0.2, 0) is 10.2 Å². The largest absolute Gasteiger partial charge is 0.338 e.